The van der Waals surface area contributed by atoms with Crippen LogP contribution in [0.25, 0.3) is 43.0 Å². The van der Waals surface area contributed by atoms with E-state index in [4.69, 9.17) is 34.4 Å². The normalized spacial score (nSPS) is 19.2. The van der Waals surface area contributed by atoms with Gasteiger partial charge in [-0.05, 0) is 26.5 Å². The second kappa shape index (κ2) is 26.9. The van der Waals surface area contributed by atoms with Gasteiger partial charge in [0.15, 0.2) is 11.6 Å². The molecule has 2 fully saturated rings. The maximum atomic E-state index is 9.67. The predicted molar refractivity (Wildman–Crippen MR) is 299 cm³/mol. The minimum Gasteiger partial charge on any atom is -0.405 e. The Morgan fingerprint density at radius 1 is 0.714 bits per heavy atom. The monoisotopic (exact) mass is 1060 g/mol. The van der Waals surface area contributed by atoms with E-state index >= 15 is 0 Å². The van der Waals surface area contributed by atoms with Gasteiger partial charge in [0.25, 0.3) is 8.32 Å². The molecule has 22 nitrogen and oxygen atoms in total. The molecule has 23 heteroatoms. The molecular formula is C54H66N16O6Si. The number of hydrogen-bond acceptors (Lipinski definition) is 14. The number of rotatable bonds is 18. The van der Waals surface area contributed by atoms with Crippen LogP contribution in [0.1, 0.15) is 83.9 Å². The van der Waals surface area contributed by atoms with Crippen LogP contribution < -0.4 is 10.4 Å². The molecule has 2 saturated heterocycles. The molecule has 1 N–H and O–H groups in total. The molecule has 8 rings (SSSR count). The molecule has 6 aromatic rings. The fourth-order valence-electron chi connectivity index (χ4n) is 9.36. The molecular weight excluding hydrogens is 997 g/mol. The van der Waals surface area contributed by atoms with Crippen LogP contribution in [0.3, 0.4) is 0 Å². The van der Waals surface area contributed by atoms with Crippen molar-refractivity contribution in [1.29, 1.82) is 0 Å². The van der Waals surface area contributed by atoms with E-state index in [1.54, 1.807) is 12.7 Å². The van der Waals surface area contributed by atoms with Gasteiger partial charge in [-0.15, -0.1) is 0 Å². The van der Waals surface area contributed by atoms with Crippen molar-refractivity contribution in [3.63, 3.8) is 0 Å². The number of benzene rings is 2. The van der Waals surface area contributed by atoms with Crippen molar-refractivity contribution in [1.82, 2.24) is 38.9 Å². The first-order valence-corrected chi connectivity index (χ1v) is 27.2. The average molecular weight is 1060 g/mol. The van der Waals surface area contributed by atoms with Crippen molar-refractivity contribution in [3.05, 3.63) is 118 Å². The number of hydrogen-bond donors (Lipinski definition) is 1. The Morgan fingerprint density at radius 3 is 1.56 bits per heavy atom. The van der Waals surface area contributed by atoms with Gasteiger partial charge in [-0.2, -0.15) is 0 Å². The Morgan fingerprint density at radius 2 is 1.16 bits per heavy atom. The molecule has 6 unspecified atom stereocenters. The fraction of sp³-hybridized carbons (Fsp3) is 0.444. The van der Waals surface area contributed by atoms with Gasteiger partial charge < -0.3 is 47.4 Å². The van der Waals surface area contributed by atoms with E-state index in [1.165, 1.54) is 23.0 Å². The second-order valence-corrected chi connectivity index (χ2v) is 23.7. The summed E-state index contributed by atoms with van der Waals surface area (Å²) < 4.78 is 35.6. The number of aliphatic hydroxyl groups is 1. The zero-order valence-electron chi connectivity index (χ0n) is 45.0. The molecule has 402 valence electrons. The van der Waals surface area contributed by atoms with E-state index in [0.29, 0.717) is 48.6 Å². The van der Waals surface area contributed by atoms with Crippen molar-refractivity contribution in [2.45, 2.75) is 102 Å². The third-order valence-corrected chi connectivity index (χ3v) is 17.7. The maximum Gasteiger partial charge on any atom is 0.261 e. The molecule has 6 atom stereocenters. The Bertz CT molecular complexity index is 3180. The van der Waals surface area contributed by atoms with Crippen molar-refractivity contribution < 1.29 is 28.5 Å². The van der Waals surface area contributed by atoms with E-state index in [1.807, 2.05) is 85.5 Å². The highest BCUT2D eigenvalue weighted by Crippen LogP contribution is 2.41. The lowest BCUT2D eigenvalue weighted by molar-refractivity contribution is -0.0593. The van der Waals surface area contributed by atoms with Crippen LogP contribution in [0.5, 0.6) is 0 Å². The smallest absolute Gasteiger partial charge is 0.261 e. The molecule has 6 heterocycles. The summed E-state index contributed by atoms with van der Waals surface area (Å²) in [7, 11) is 4.72. The molecule has 0 saturated carbocycles. The summed E-state index contributed by atoms with van der Waals surface area (Å²) >= 11 is 0. The molecule has 0 spiro atoms. The molecule has 0 amide bonds. The van der Waals surface area contributed by atoms with Gasteiger partial charge in [-0.3, -0.25) is 0 Å². The minimum atomic E-state index is -2.85. The molecule has 4 aromatic heterocycles. The minimum absolute atomic E-state index is 0.113. The largest absolute Gasteiger partial charge is 0.405 e. The van der Waals surface area contributed by atoms with Crippen molar-refractivity contribution in [3.8, 4) is 23.7 Å². The number of nitrogens with zero attached hydrogens (tertiary/aromatic N) is 16. The highest BCUT2D eigenvalue weighted by molar-refractivity contribution is 6.99. The van der Waals surface area contributed by atoms with Gasteiger partial charge in [0.05, 0.1) is 60.0 Å². The second-order valence-electron chi connectivity index (χ2n) is 19.4. The van der Waals surface area contributed by atoms with Gasteiger partial charge in [-0.25, -0.2) is 29.9 Å². The van der Waals surface area contributed by atoms with Crippen LogP contribution in [0, 0.1) is 23.7 Å². The Balaban J connectivity index is 0.000000247. The van der Waals surface area contributed by atoms with Gasteiger partial charge in [0, 0.05) is 76.1 Å². The zero-order valence-corrected chi connectivity index (χ0v) is 46.0. The van der Waals surface area contributed by atoms with Gasteiger partial charge >= 0.3 is 0 Å². The molecule has 2 aromatic carbocycles. The van der Waals surface area contributed by atoms with Crippen LogP contribution in [0.2, 0.25) is 5.04 Å². The first kappa shape index (κ1) is 57.1. The number of fused-ring (bicyclic) bond motifs is 2. The van der Waals surface area contributed by atoms with E-state index in [9.17, 15) is 5.11 Å². The third-order valence-electron chi connectivity index (χ3n) is 12.7. The summed E-state index contributed by atoms with van der Waals surface area (Å²) in [5, 5.41) is 20.4. The lowest BCUT2D eigenvalue weighted by Crippen LogP contribution is -2.67. The molecule has 0 radical (unpaired) electrons. The number of aliphatic imine (C=N–C) groups is 2. The van der Waals surface area contributed by atoms with Crippen LogP contribution in [-0.2, 0) is 23.4 Å². The van der Waals surface area contributed by atoms with E-state index in [-0.39, 0.29) is 31.7 Å². The first-order chi connectivity index (χ1) is 37.3. The summed E-state index contributed by atoms with van der Waals surface area (Å²) in [6, 6.07) is 21.0. The summed E-state index contributed by atoms with van der Waals surface area (Å²) in [6.07, 6.45) is 9.82. The van der Waals surface area contributed by atoms with E-state index in [0.717, 1.165) is 21.9 Å². The topological polar surface area (TPSA) is 257 Å². The van der Waals surface area contributed by atoms with Gasteiger partial charge in [-0.1, -0.05) is 129 Å². The van der Waals surface area contributed by atoms with Gasteiger partial charge in [0.1, 0.15) is 62.1 Å². The molecule has 0 aliphatic carbocycles. The summed E-state index contributed by atoms with van der Waals surface area (Å²) in [5.41, 5.74) is 20.2. The SMILES string of the molecule is CCC#Cc1cn(C2CC(OCN=[N+]=[N-])C(CO)O2)c2ncnc(N=CN(C)C)c12.CCC#Cc1cn(C2CC(OCN=[N+]=[N-])C(CO[Si](c3ccccc3)(c3ccccc3)C(C)(C)C)O2)c2ncnc(N=CN(C)C)c12. The molecule has 77 heavy (non-hydrogen) atoms. The van der Waals surface area contributed by atoms with E-state index < -0.39 is 45.2 Å². The van der Waals surface area contributed by atoms with E-state index in [2.05, 4.69) is 143 Å². The Labute approximate surface area is 449 Å². The Hall–Kier alpha value is -7.66. The summed E-state index contributed by atoms with van der Waals surface area (Å²) in [5.74, 6) is 13.7. The number of azide groups is 2. The molecule has 2 aliphatic rings. The summed E-state index contributed by atoms with van der Waals surface area (Å²) in [6.45, 7) is 10.5. The third kappa shape index (κ3) is 13.5. The van der Waals surface area contributed by atoms with Crippen molar-refractivity contribution >= 4 is 65.1 Å². The van der Waals surface area contributed by atoms with Crippen LogP contribution in [-0.4, -0.2) is 144 Å². The van der Waals surface area contributed by atoms with Crippen LogP contribution in [0.4, 0.5) is 11.6 Å². The Kier molecular flexibility index (Phi) is 19.9. The number of aromatic nitrogens is 6. The highest BCUT2D eigenvalue weighted by Gasteiger charge is 2.51. The predicted octanol–water partition coefficient (Wildman–Crippen LogP) is 8.28. The average Bonchev–Trinajstić information content (AvgIpc) is 4.27. The highest BCUT2D eigenvalue weighted by atomic mass is 28.4. The first-order valence-electron chi connectivity index (χ1n) is 25.3. The van der Waals surface area contributed by atoms with Crippen LogP contribution >= 0.6 is 0 Å². The zero-order chi connectivity index (χ0) is 55.0. The van der Waals surface area contributed by atoms with Gasteiger partial charge in [0.2, 0.25) is 0 Å². The fourth-order valence-corrected chi connectivity index (χ4v) is 13.9. The number of aliphatic hydroxyl groups excluding tert-OH is 1. The lowest BCUT2D eigenvalue weighted by atomic mass is 10.2. The van der Waals surface area contributed by atoms with Crippen molar-refractivity contribution in [2.75, 3.05) is 54.9 Å². The summed E-state index contributed by atoms with van der Waals surface area (Å²) in [4.78, 5) is 36.2. The maximum absolute atomic E-state index is 9.67. The lowest BCUT2D eigenvalue weighted by Gasteiger charge is -2.43. The molecule has 2 aliphatic heterocycles. The standard InChI is InChI=1S/C35H42N8O3Si.C19H24N8O3/c1-7-8-15-26-21-43(34-32(26)33(37-23-38-34)39-24-42(5)6)31-20-29(44-25-40-41-36)30(46-31)22-45-47(35(2,3)4,27-16-11-9-12-17-27)28-18-13-10-14-19-28;1-4-5-6-13-8-27(16-7-14(15(9-28)30-16)29-12-24-25-20)19-17(13)18(21-10-22-19)23-11-26(2)3/h9-14,16-19,21,23-24,29-31H,7,20,22,25H2,1-6H3;8,10-11,14-16,28H,4,7,9,12H2,1-3H3. The van der Waals surface area contributed by atoms with Crippen LogP contribution in [0.15, 0.2) is 106 Å². The quantitative estimate of drug-likeness (QED) is 0.0162. The number of ether oxygens (including phenoxy) is 4. The van der Waals surface area contributed by atoms with Crippen molar-refractivity contribution in [2.24, 2.45) is 20.2 Å². The molecule has 0 bridgehead atoms.